The molecule has 0 aliphatic carbocycles. The lowest BCUT2D eigenvalue weighted by Gasteiger charge is -2.07. The van der Waals surface area contributed by atoms with Gasteiger partial charge in [0.1, 0.15) is 5.82 Å². The van der Waals surface area contributed by atoms with E-state index in [1.165, 1.54) is 30.3 Å². The van der Waals surface area contributed by atoms with Crippen LogP contribution in [0.25, 0.3) is 11.0 Å². The molecule has 8 heteroatoms. The Morgan fingerprint density at radius 2 is 1.89 bits per heavy atom. The van der Waals surface area contributed by atoms with Gasteiger partial charge in [0.15, 0.2) is 0 Å². The molecule has 3 N–H and O–H groups in total. The summed E-state index contributed by atoms with van der Waals surface area (Å²) in [5.41, 5.74) is 2.24. The number of fused-ring (bicyclic) bond motifs is 1. The Labute approximate surface area is 157 Å². The van der Waals surface area contributed by atoms with E-state index in [1.54, 1.807) is 0 Å². The average molecular weight is 384 g/mol. The molecule has 2 aromatic carbocycles. The Morgan fingerprint density at radius 1 is 1.15 bits per heavy atom. The monoisotopic (exact) mass is 384 g/mol. The molecule has 0 radical (unpaired) electrons. The summed E-state index contributed by atoms with van der Waals surface area (Å²) in [5, 5.41) is 2.81. The maximum absolute atomic E-state index is 12.2. The fourth-order valence-corrected chi connectivity index (χ4v) is 3.56. The van der Waals surface area contributed by atoms with Gasteiger partial charge in [-0.15, -0.1) is 6.58 Å². The van der Waals surface area contributed by atoms with Crippen LogP contribution < -0.4 is 10.0 Å². The van der Waals surface area contributed by atoms with E-state index in [0.29, 0.717) is 18.5 Å². The highest BCUT2D eigenvalue weighted by Crippen LogP contribution is 2.12. The van der Waals surface area contributed by atoms with Crippen LogP contribution in [0.15, 0.2) is 66.1 Å². The van der Waals surface area contributed by atoms with Crippen LogP contribution in [0.4, 0.5) is 0 Å². The molecule has 0 saturated carbocycles. The number of nitrogens with one attached hydrogen (secondary N) is 3. The number of hydrogen-bond acceptors (Lipinski definition) is 4. The van der Waals surface area contributed by atoms with Crippen LogP contribution in [0.3, 0.4) is 0 Å². The molecule has 0 fully saturated rings. The second kappa shape index (κ2) is 8.15. The first-order valence-electron chi connectivity index (χ1n) is 8.42. The summed E-state index contributed by atoms with van der Waals surface area (Å²) in [6, 6.07) is 13.5. The molecule has 1 amide bonds. The minimum absolute atomic E-state index is 0.100. The van der Waals surface area contributed by atoms with E-state index in [4.69, 9.17) is 0 Å². The number of carbonyl (C=O) groups is 1. The smallest absolute Gasteiger partial charge is 0.251 e. The largest absolute Gasteiger partial charge is 0.352 e. The third-order valence-electron chi connectivity index (χ3n) is 3.93. The van der Waals surface area contributed by atoms with Crippen molar-refractivity contribution in [3.63, 3.8) is 0 Å². The molecule has 0 aliphatic heterocycles. The van der Waals surface area contributed by atoms with Gasteiger partial charge in [-0.05, 0) is 36.4 Å². The zero-order valence-corrected chi connectivity index (χ0v) is 15.4. The fraction of sp³-hybridized carbons (Fsp3) is 0.158. The van der Waals surface area contributed by atoms with E-state index >= 15 is 0 Å². The van der Waals surface area contributed by atoms with E-state index in [-0.39, 0.29) is 17.3 Å². The van der Waals surface area contributed by atoms with E-state index in [2.05, 4.69) is 26.6 Å². The Balaban J connectivity index is 1.57. The van der Waals surface area contributed by atoms with Crippen molar-refractivity contribution in [2.24, 2.45) is 0 Å². The van der Waals surface area contributed by atoms with Crippen LogP contribution in [-0.4, -0.2) is 37.4 Å². The van der Waals surface area contributed by atoms with Crippen molar-refractivity contribution in [2.75, 3.05) is 13.1 Å². The van der Waals surface area contributed by atoms with Crippen LogP contribution in [0, 0.1) is 0 Å². The number of aromatic nitrogens is 2. The number of sulfonamides is 1. The molecule has 0 bridgehead atoms. The number of carbonyl (C=O) groups excluding carboxylic acids is 1. The molecule has 3 rings (SSSR count). The summed E-state index contributed by atoms with van der Waals surface area (Å²) in [7, 11) is -3.60. The van der Waals surface area contributed by atoms with Gasteiger partial charge < -0.3 is 10.3 Å². The molecule has 27 heavy (non-hydrogen) atoms. The molecular weight excluding hydrogens is 364 g/mol. The van der Waals surface area contributed by atoms with Crippen molar-refractivity contribution in [1.82, 2.24) is 20.0 Å². The molecule has 0 aliphatic rings. The topological polar surface area (TPSA) is 104 Å². The number of rotatable bonds is 8. The summed E-state index contributed by atoms with van der Waals surface area (Å²) in [6.07, 6.45) is 2.03. The minimum Gasteiger partial charge on any atom is -0.352 e. The van der Waals surface area contributed by atoms with Gasteiger partial charge in [-0.25, -0.2) is 18.1 Å². The van der Waals surface area contributed by atoms with Crippen LogP contribution in [0.1, 0.15) is 16.2 Å². The van der Waals surface area contributed by atoms with Gasteiger partial charge in [0.2, 0.25) is 10.0 Å². The number of nitrogens with zero attached hydrogens (tertiary/aromatic N) is 1. The molecule has 0 saturated heterocycles. The predicted octanol–water partition coefficient (Wildman–Crippen LogP) is 2.00. The van der Waals surface area contributed by atoms with Crippen LogP contribution in [0.5, 0.6) is 0 Å². The van der Waals surface area contributed by atoms with Gasteiger partial charge in [-0.1, -0.05) is 18.2 Å². The highest BCUT2D eigenvalue weighted by atomic mass is 32.2. The van der Waals surface area contributed by atoms with Gasteiger partial charge in [0, 0.05) is 25.1 Å². The first kappa shape index (κ1) is 18.8. The van der Waals surface area contributed by atoms with E-state index < -0.39 is 10.0 Å². The van der Waals surface area contributed by atoms with Crippen molar-refractivity contribution in [3.8, 4) is 0 Å². The van der Waals surface area contributed by atoms with E-state index in [0.717, 1.165) is 16.9 Å². The SMILES string of the molecule is C=CCNS(=O)(=O)c1ccc(C(=O)NCCc2nc3ccccc3[nH]2)cc1. The minimum atomic E-state index is -3.60. The standard InChI is InChI=1S/C19H20N4O3S/c1-2-12-21-27(25,26)15-9-7-14(8-10-15)19(24)20-13-11-18-22-16-5-3-4-6-17(16)23-18/h2-10,21H,1,11-13H2,(H,20,24)(H,22,23). The molecule has 0 spiro atoms. The Kier molecular flexibility index (Phi) is 5.68. The summed E-state index contributed by atoms with van der Waals surface area (Å²) >= 11 is 0. The lowest BCUT2D eigenvalue weighted by atomic mass is 10.2. The Bertz CT molecular complexity index is 1020. The second-order valence-electron chi connectivity index (χ2n) is 5.87. The summed E-state index contributed by atoms with van der Waals surface area (Å²) in [6.45, 7) is 4.03. The van der Waals surface area contributed by atoms with Crippen molar-refractivity contribution in [3.05, 3.63) is 72.6 Å². The van der Waals surface area contributed by atoms with Crippen LogP contribution >= 0.6 is 0 Å². The third-order valence-corrected chi connectivity index (χ3v) is 5.37. The Morgan fingerprint density at radius 3 is 2.59 bits per heavy atom. The van der Waals surface area contributed by atoms with Gasteiger partial charge in [0.25, 0.3) is 5.91 Å². The number of benzene rings is 2. The van der Waals surface area contributed by atoms with Gasteiger partial charge in [-0.2, -0.15) is 0 Å². The van der Waals surface area contributed by atoms with Crippen molar-refractivity contribution in [2.45, 2.75) is 11.3 Å². The lowest BCUT2D eigenvalue weighted by molar-refractivity contribution is 0.0954. The third kappa shape index (κ3) is 4.60. The number of amides is 1. The maximum Gasteiger partial charge on any atom is 0.251 e. The zero-order valence-electron chi connectivity index (χ0n) is 14.6. The molecule has 7 nitrogen and oxygen atoms in total. The molecule has 3 aromatic rings. The highest BCUT2D eigenvalue weighted by Gasteiger charge is 2.14. The van der Waals surface area contributed by atoms with Crippen molar-refractivity contribution >= 4 is 27.0 Å². The number of imidazole rings is 1. The fourth-order valence-electron chi connectivity index (χ4n) is 2.56. The number of para-hydroxylation sites is 2. The van der Waals surface area contributed by atoms with Crippen LogP contribution in [-0.2, 0) is 16.4 Å². The van der Waals surface area contributed by atoms with Gasteiger partial charge in [-0.3, -0.25) is 4.79 Å². The van der Waals surface area contributed by atoms with E-state index in [9.17, 15) is 13.2 Å². The molecule has 1 heterocycles. The number of aromatic amines is 1. The number of H-pyrrole nitrogens is 1. The average Bonchev–Trinajstić information content (AvgIpc) is 3.09. The normalized spacial score (nSPS) is 11.4. The first-order valence-corrected chi connectivity index (χ1v) is 9.90. The predicted molar refractivity (Wildman–Crippen MR) is 104 cm³/mol. The molecule has 0 unspecified atom stereocenters. The summed E-state index contributed by atoms with van der Waals surface area (Å²) < 4.78 is 26.4. The van der Waals surface area contributed by atoms with Crippen molar-refractivity contribution < 1.29 is 13.2 Å². The molecule has 0 atom stereocenters. The molecular formula is C19H20N4O3S. The summed E-state index contributed by atoms with van der Waals surface area (Å²) in [4.78, 5) is 20.0. The first-order chi connectivity index (χ1) is 13.0. The number of hydrogen-bond donors (Lipinski definition) is 3. The zero-order chi connectivity index (χ0) is 19.3. The van der Waals surface area contributed by atoms with E-state index in [1.807, 2.05) is 24.3 Å². The van der Waals surface area contributed by atoms with Crippen molar-refractivity contribution in [1.29, 1.82) is 0 Å². The Hall–Kier alpha value is -2.97. The molecule has 140 valence electrons. The quantitative estimate of drug-likeness (QED) is 0.517. The summed E-state index contributed by atoms with van der Waals surface area (Å²) in [5.74, 6) is 0.528. The lowest BCUT2D eigenvalue weighted by Crippen LogP contribution is -2.26. The van der Waals surface area contributed by atoms with Crippen LogP contribution in [0.2, 0.25) is 0 Å². The second-order valence-corrected chi connectivity index (χ2v) is 7.64. The molecule has 1 aromatic heterocycles. The maximum atomic E-state index is 12.2. The van der Waals surface area contributed by atoms with Gasteiger partial charge >= 0.3 is 0 Å². The van der Waals surface area contributed by atoms with Gasteiger partial charge in [0.05, 0.1) is 15.9 Å². The highest BCUT2D eigenvalue weighted by molar-refractivity contribution is 7.89.